The maximum Gasteiger partial charge on any atom is 0.251 e. The van der Waals surface area contributed by atoms with Crippen molar-refractivity contribution in [1.29, 1.82) is 0 Å². The number of hydrogen-bond donors (Lipinski definition) is 3. The lowest BCUT2D eigenvalue weighted by Gasteiger charge is -2.07. The molecule has 0 spiro atoms. The van der Waals surface area contributed by atoms with Crippen LogP contribution >= 0.6 is 0 Å². The highest BCUT2D eigenvalue weighted by atomic mass is 19.1. The first kappa shape index (κ1) is 18.6. The Kier molecular flexibility index (Phi) is 4.68. The molecule has 31 heavy (non-hydrogen) atoms. The van der Waals surface area contributed by atoms with Crippen LogP contribution in [0.1, 0.15) is 15.9 Å². The van der Waals surface area contributed by atoms with Crippen molar-refractivity contribution in [3.8, 4) is 22.4 Å². The van der Waals surface area contributed by atoms with Gasteiger partial charge in [0.15, 0.2) is 5.65 Å². The molecule has 0 fully saturated rings. The van der Waals surface area contributed by atoms with Crippen molar-refractivity contribution >= 4 is 17.1 Å². The Morgan fingerprint density at radius 2 is 1.90 bits per heavy atom. The Labute approximate surface area is 175 Å². The van der Waals surface area contributed by atoms with Crippen LogP contribution in [-0.4, -0.2) is 36.0 Å². The number of benzene rings is 1. The van der Waals surface area contributed by atoms with Crippen LogP contribution in [0.3, 0.4) is 0 Å². The Morgan fingerprint density at radius 3 is 2.71 bits per heavy atom. The predicted octanol–water partition coefficient (Wildman–Crippen LogP) is 3.48. The summed E-state index contributed by atoms with van der Waals surface area (Å²) in [4.78, 5) is 28.9. The summed E-state index contributed by atoms with van der Waals surface area (Å²) >= 11 is 0. The monoisotopic (exact) mass is 413 g/mol. The smallest absolute Gasteiger partial charge is 0.251 e. The fourth-order valence-electron chi connectivity index (χ4n) is 3.26. The van der Waals surface area contributed by atoms with E-state index < -0.39 is 0 Å². The average Bonchev–Trinajstić information content (AvgIpc) is 3.48. The molecule has 0 aliphatic carbocycles. The molecule has 152 valence electrons. The van der Waals surface area contributed by atoms with Gasteiger partial charge in [0.05, 0.1) is 18.1 Å². The summed E-state index contributed by atoms with van der Waals surface area (Å²) in [7, 11) is 0. The van der Waals surface area contributed by atoms with Crippen molar-refractivity contribution in [3.05, 3.63) is 84.5 Å². The van der Waals surface area contributed by atoms with Crippen LogP contribution in [-0.2, 0) is 6.54 Å². The standard InChI is InChI=1S/C22H16FN7O/c23-17-3-1-14(2-4-17)22(31)27-7-13-5-15(8-24-6-13)18-11-25-21-20(18)30-19(12-26-21)16-9-28-29-10-16/h1-6,8-12H,7H2,(H,25,26)(H,27,31)(H,28,29). The number of pyridine rings is 1. The number of carbonyl (C=O) groups excluding carboxylic acids is 1. The fourth-order valence-corrected chi connectivity index (χ4v) is 3.26. The van der Waals surface area contributed by atoms with Crippen LogP contribution in [0.25, 0.3) is 33.5 Å². The lowest BCUT2D eigenvalue weighted by atomic mass is 10.1. The number of hydrogen-bond acceptors (Lipinski definition) is 5. The van der Waals surface area contributed by atoms with Crippen LogP contribution in [0, 0.1) is 5.82 Å². The van der Waals surface area contributed by atoms with Gasteiger partial charge in [0, 0.05) is 53.6 Å². The van der Waals surface area contributed by atoms with Gasteiger partial charge in [-0.2, -0.15) is 5.10 Å². The van der Waals surface area contributed by atoms with Crippen LogP contribution in [0.4, 0.5) is 4.39 Å². The van der Waals surface area contributed by atoms with Crippen molar-refractivity contribution in [2.45, 2.75) is 6.54 Å². The molecule has 8 nitrogen and oxygen atoms in total. The minimum atomic E-state index is -0.383. The number of halogens is 1. The first-order chi connectivity index (χ1) is 15.2. The Bertz CT molecular complexity index is 1360. The third-order valence-electron chi connectivity index (χ3n) is 4.84. The maximum atomic E-state index is 13.0. The molecule has 4 aromatic heterocycles. The molecule has 0 atom stereocenters. The topological polar surface area (TPSA) is 112 Å². The quantitative estimate of drug-likeness (QED) is 0.408. The summed E-state index contributed by atoms with van der Waals surface area (Å²) in [5, 5.41) is 9.55. The van der Waals surface area contributed by atoms with Crippen molar-refractivity contribution in [2.24, 2.45) is 0 Å². The van der Waals surface area contributed by atoms with E-state index in [4.69, 9.17) is 4.98 Å². The van der Waals surface area contributed by atoms with E-state index in [0.717, 1.165) is 22.3 Å². The highest BCUT2D eigenvalue weighted by molar-refractivity contribution is 5.94. The molecule has 9 heteroatoms. The molecule has 0 aliphatic heterocycles. The summed E-state index contributed by atoms with van der Waals surface area (Å²) in [5.41, 5.74) is 5.84. The molecular formula is C22H16FN7O. The highest BCUT2D eigenvalue weighted by Gasteiger charge is 2.12. The minimum absolute atomic E-state index is 0.283. The zero-order chi connectivity index (χ0) is 21.2. The SMILES string of the molecule is O=C(NCc1cncc(-c2c[nH]c3ncc(-c4cn[nH]c4)nc23)c1)c1ccc(F)cc1. The van der Waals surface area contributed by atoms with E-state index in [0.29, 0.717) is 22.4 Å². The molecule has 3 N–H and O–H groups in total. The second-order valence-electron chi connectivity index (χ2n) is 6.91. The Balaban J connectivity index is 1.40. The van der Waals surface area contributed by atoms with Gasteiger partial charge in [-0.25, -0.2) is 14.4 Å². The summed E-state index contributed by atoms with van der Waals surface area (Å²) in [5.74, 6) is -0.667. The van der Waals surface area contributed by atoms with Gasteiger partial charge in [0.2, 0.25) is 0 Å². The number of amides is 1. The van der Waals surface area contributed by atoms with E-state index in [1.165, 1.54) is 24.3 Å². The first-order valence-corrected chi connectivity index (χ1v) is 9.49. The Morgan fingerprint density at radius 1 is 1.03 bits per heavy atom. The number of rotatable bonds is 5. The van der Waals surface area contributed by atoms with Gasteiger partial charge in [-0.3, -0.25) is 14.9 Å². The van der Waals surface area contributed by atoms with Gasteiger partial charge >= 0.3 is 0 Å². The van der Waals surface area contributed by atoms with Crippen molar-refractivity contribution in [2.75, 3.05) is 0 Å². The molecule has 0 aliphatic rings. The molecular weight excluding hydrogens is 397 g/mol. The molecule has 0 saturated carbocycles. The zero-order valence-corrected chi connectivity index (χ0v) is 16.1. The molecule has 0 radical (unpaired) electrons. The normalized spacial score (nSPS) is 11.0. The second-order valence-corrected chi connectivity index (χ2v) is 6.91. The summed E-state index contributed by atoms with van der Waals surface area (Å²) < 4.78 is 13.0. The lowest BCUT2D eigenvalue weighted by molar-refractivity contribution is 0.0951. The number of fused-ring (bicyclic) bond motifs is 1. The van der Waals surface area contributed by atoms with Crippen molar-refractivity contribution < 1.29 is 9.18 Å². The van der Waals surface area contributed by atoms with Crippen molar-refractivity contribution in [3.63, 3.8) is 0 Å². The molecule has 5 rings (SSSR count). The summed E-state index contributed by atoms with van der Waals surface area (Å²) in [6.07, 6.45) is 10.4. The highest BCUT2D eigenvalue weighted by Crippen LogP contribution is 2.28. The molecule has 1 aromatic carbocycles. The summed E-state index contributed by atoms with van der Waals surface area (Å²) in [6.45, 7) is 0.283. The molecule has 0 saturated heterocycles. The number of aromatic amines is 2. The van der Waals surface area contributed by atoms with E-state index in [9.17, 15) is 9.18 Å². The minimum Gasteiger partial charge on any atom is -0.348 e. The van der Waals surface area contributed by atoms with Gasteiger partial charge in [-0.1, -0.05) is 0 Å². The third kappa shape index (κ3) is 3.76. The van der Waals surface area contributed by atoms with E-state index in [-0.39, 0.29) is 18.3 Å². The van der Waals surface area contributed by atoms with Gasteiger partial charge in [-0.15, -0.1) is 0 Å². The lowest BCUT2D eigenvalue weighted by Crippen LogP contribution is -2.22. The molecule has 5 aromatic rings. The van der Waals surface area contributed by atoms with E-state index in [1.807, 2.05) is 12.3 Å². The number of aromatic nitrogens is 6. The zero-order valence-electron chi connectivity index (χ0n) is 16.1. The number of nitrogens with one attached hydrogen (secondary N) is 3. The van der Waals surface area contributed by atoms with Crippen LogP contribution in [0.15, 0.2) is 67.5 Å². The largest absolute Gasteiger partial charge is 0.348 e. The van der Waals surface area contributed by atoms with Crippen LogP contribution in [0.5, 0.6) is 0 Å². The van der Waals surface area contributed by atoms with E-state index >= 15 is 0 Å². The summed E-state index contributed by atoms with van der Waals surface area (Å²) in [6, 6.07) is 7.34. The molecule has 0 unspecified atom stereocenters. The van der Waals surface area contributed by atoms with Crippen LogP contribution in [0.2, 0.25) is 0 Å². The number of nitrogens with zero attached hydrogens (tertiary/aromatic N) is 4. The predicted molar refractivity (Wildman–Crippen MR) is 112 cm³/mol. The third-order valence-corrected chi connectivity index (χ3v) is 4.84. The van der Waals surface area contributed by atoms with Gasteiger partial charge in [0.1, 0.15) is 11.3 Å². The van der Waals surface area contributed by atoms with Gasteiger partial charge < -0.3 is 10.3 Å². The average molecular weight is 413 g/mol. The second kappa shape index (κ2) is 7.79. The first-order valence-electron chi connectivity index (χ1n) is 9.49. The van der Waals surface area contributed by atoms with Gasteiger partial charge in [-0.05, 0) is 35.9 Å². The molecule has 4 heterocycles. The van der Waals surface area contributed by atoms with Crippen molar-refractivity contribution in [1.82, 2.24) is 35.5 Å². The van der Waals surface area contributed by atoms with Crippen LogP contribution < -0.4 is 5.32 Å². The maximum absolute atomic E-state index is 13.0. The number of H-pyrrole nitrogens is 2. The van der Waals surface area contributed by atoms with E-state index in [2.05, 4.69) is 30.5 Å². The molecule has 1 amide bonds. The number of carbonyl (C=O) groups is 1. The molecule has 0 bridgehead atoms. The Hall–Kier alpha value is -4.40. The fraction of sp³-hybridized carbons (Fsp3) is 0.0455. The van der Waals surface area contributed by atoms with E-state index in [1.54, 1.807) is 31.0 Å². The van der Waals surface area contributed by atoms with Gasteiger partial charge in [0.25, 0.3) is 5.91 Å².